The second-order valence-corrected chi connectivity index (χ2v) is 25.3. The van der Waals surface area contributed by atoms with Crippen LogP contribution in [0.3, 0.4) is 0 Å². The van der Waals surface area contributed by atoms with Crippen molar-refractivity contribution in [2.75, 3.05) is 69.0 Å². The molecular weight excluding hydrogens is 1100 g/mol. The van der Waals surface area contributed by atoms with E-state index in [0.717, 1.165) is 26.5 Å². The number of hydrogen-bond donors (Lipinski definition) is 6. The van der Waals surface area contributed by atoms with Crippen LogP contribution in [0.5, 0.6) is 0 Å². The van der Waals surface area contributed by atoms with E-state index < -0.39 is 169 Å². The summed E-state index contributed by atoms with van der Waals surface area (Å²) in [5, 5.41) is 31.6. The molecule has 0 radical (unpaired) electrons. The van der Waals surface area contributed by atoms with E-state index in [9.17, 15) is 67.7 Å². The average Bonchev–Trinajstić information content (AvgIpc) is 3.01. The Balaban J connectivity index is 4.22. The number of rotatable bonds is 15. The second-order valence-electron chi connectivity index (χ2n) is 25.3. The number of nitrogens with one attached hydrogen (secondary N) is 4. The highest BCUT2D eigenvalue weighted by atomic mass is 16.5. The molecule has 0 aliphatic carbocycles. The summed E-state index contributed by atoms with van der Waals surface area (Å²) in [7, 11) is 9.40. The van der Waals surface area contributed by atoms with Crippen LogP contribution >= 0.6 is 0 Å². The number of esters is 1. The maximum atomic E-state index is 14.8. The Kier molecular flexibility index (Phi) is 31.2. The lowest BCUT2D eigenvalue weighted by Gasteiger charge is -2.39. The molecule has 0 spiro atoms. The fourth-order valence-electron chi connectivity index (χ4n) is 10.00. The number of nitrogens with zero attached hydrogens (tertiary/aromatic N) is 7. The minimum Gasteiger partial charge on any atom is -0.459 e. The van der Waals surface area contributed by atoms with Crippen LogP contribution in [0.1, 0.15) is 136 Å². The van der Waals surface area contributed by atoms with Gasteiger partial charge in [-0.25, -0.2) is 0 Å². The van der Waals surface area contributed by atoms with Gasteiger partial charge < -0.3 is 70.5 Å². The number of carbonyl (C=O) groups is 12. The maximum absolute atomic E-state index is 14.8. The molecule has 4 unspecified atom stereocenters. The maximum Gasteiger partial charge on any atom is 0.303 e. The summed E-state index contributed by atoms with van der Waals surface area (Å²) in [6, 6.07) is -10.1. The molecule has 486 valence electrons. The zero-order valence-corrected chi connectivity index (χ0v) is 54.8. The Morgan fingerprint density at radius 1 is 0.494 bits per heavy atom. The van der Waals surface area contributed by atoms with Gasteiger partial charge in [0.15, 0.2) is 0 Å². The van der Waals surface area contributed by atoms with Crippen molar-refractivity contribution in [1.29, 1.82) is 0 Å². The van der Waals surface area contributed by atoms with Gasteiger partial charge in [0.2, 0.25) is 65.0 Å². The minimum atomic E-state index is -1.74. The van der Waals surface area contributed by atoms with E-state index in [1.54, 1.807) is 13.8 Å². The van der Waals surface area contributed by atoms with Crippen molar-refractivity contribution in [2.24, 2.45) is 35.5 Å². The van der Waals surface area contributed by atoms with Crippen LogP contribution in [-0.2, 0) is 62.3 Å². The molecule has 85 heavy (non-hydrogen) atoms. The van der Waals surface area contributed by atoms with Crippen molar-refractivity contribution in [2.45, 2.75) is 203 Å². The summed E-state index contributed by atoms with van der Waals surface area (Å²) in [6.45, 7) is 22.7. The van der Waals surface area contributed by atoms with E-state index in [-0.39, 0.29) is 55.8 Å². The van der Waals surface area contributed by atoms with E-state index >= 15 is 0 Å². The van der Waals surface area contributed by atoms with Crippen LogP contribution in [-0.4, -0.2) is 251 Å². The summed E-state index contributed by atoms with van der Waals surface area (Å²) in [6.07, 6.45) is -3.91. The highest BCUT2D eigenvalue weighted by Gasteiger charge is 2.44. The van der Waals surface area contributed by atoms with Crippen molar-refractivity contribution in [1.82, 2.24) is 55.6 Å². The third-order valence-corrected chi connectivity index (χ3v) is 15.4. The van der Waals surface area contributed by atoms with Gasteiger partial charge in [0.25, 0.3) is 0 Å². The predicted molar refractivity (Wildman–Crippen MR) is 318 cm³/mol. The van der Waals surface area contributed by atoms with Gasteiger partial charge in [0.05, 0.1) is 31.8 Å². The zero-order chi connectivity index (χ0) is 66.0. The molecule has 26 heteroatoms. The van der Waals surface area contributed by atoms with E-state index in [1.807, 2.05) is 55.4 Å². The van der Waals surface area contributed by atoms with Crippen molar-refractivity contribution in [3.8, 4) is 0 Å². The molecule has 0 saturated carbocycles. The first-order chi connectivity index (χ1) is 39.1. The molecule has 11 amide bonds. The molecule has 1 aliphatic heterocycles. The Hall–Kier alpha value is -6.44. The molecule has 0 bridgehead atoms. The Labute approximate surface area is 504 Å². The lowest BCUT2D eigenvalue weighted by atomic mass is 9.89. The molecule has 1 fully saturated rings. The SMILES string of the molecule is CC(=O)O[C@@H](C1C(=O)NCC(=O)N(C)CC(=O)N(C)[C@@H](CC(C)C)C(=O)NC(C(C)C)C(=O)N(C)[C@@H](CC(C)C)C(=O)N[C@@H](C)C(=O)N[C@H](C)C(=O)N(C)[C@@H](CC(C)C)C(=O)N(C)[C@@H](CC(C)C)C(=O)N(C)CC(=O)N1C)[C@H](C)CC(O)C(C)O. The Morgan fingerprint density at radius 3 is 1.38 bits per heavy atom. The van der Waals surface area contributed by atoms with E-state index in [1.165, 1.54) is 91.7 Å². The molecule has 1 rings (SSSR count). The van der Waals surface area contributed by atoms with Gasteiger partial charge in [0.1, 0.15) is 54.4 Å². The molecule has 1 saturated heterocycles. The van der Waals surface area contributed by atoms with Crippen LogP contribution in [0.15, 0.2) is 0 Å². The number of likely N-dealkylation sites (N-methyl/N-ethyl adjacent to an activating group) is 7. The van der Waals surface area contributed by atoms with Crippen molar-refractivity contribution in [3.05, 3.63) is 0 Å². The molecule has 0 aromatic heterocycles. The van der Waals surface area contributed by atoms with Crippen LogP contribution in [0.25, 0.3) is 0 Å². The lowest BCUT2D eigenvalue weighted by molar-refractivity contribution is -0.162. The van der Waals surface area contributed by atoms with Gasteiger partial charge in [-0.2, -0.15) is 0 Å². The first kappa shape index (κ1) is 76.6. The first-order valence-electron chi connectivity index (χ1n) is 29.6. The largest absolute Gasteiger partial charge is 0.459 e. The standard InChI is InChI=1S/C59H105N11O15/c1-31(2)23-41-54(79)63-49(35(9)10)59(84)67(19)42(24-32(3)4)53(78)61-37(12)52(77)62-38(13)56(81)68(20)44(26-34(7)8)58(83)69(21)43(25-33(5)6)57(82)65(17)30-48(76)70(22)50(51(85-40(15)72)36(11)27-45(73)39(14)71)55(80)60-28-46(74)64(16)29-47(75)66(41)18/h31-39,41-45,49-51,71,73H,23-30H2,1-22H3,(H,60,80)(H,61,78)(H,62,77)(H,63,79)/t36-,37+,38-,39?,41+,42+,43+,44+,45?,49?,50?,51-/m1/s1. The highest BCUT2D eigenvalue weighted by molar-refractivity contribution is 5.99. The molecule has 1 heterocycles. The Bertz CT molecular complexity index is 2330. The summed E-state index contributed by atoms with van der Waals surface area (Å²) >= 11 is 0. The highest BCUT2D eigenvalue weighted by Crippen LogP contribution is 2.25. The minimum absolute atomic E-state index is 0.0957. The van der Waals surface area contributed by atoms with Crippen molar-refractivity contribution in [3.63, 3.8) is 0 Å². The van der Waals surface area contributed by atoms with Crippen LogP contribution in [0.4, 0.5) is 0 Å². The Morgan fingerprint density at radius 2 is 0.906 bits per heavy atom. The fourth-order valence-corrected chi connectivity index (χ4v) is 10.00. The van der Waals surface area contributed by atoms with Gasteiger partial charge in [-0.3, -0.25) is 57.5 Å². The van der Waals surface area contributed by atoms with Gasteiger partial charge in [-0.15, -0.1) is 0 Å². The summed E-state index contributed by atoms with van der Waals surface area (Å²) in [5.74, 6) is -11.2. The van der Waals surface area contributed by atoms with Gasteiger partial charge in [-0.1, -0.05) is 76.2 Å². The quantitative estimate of drug-likeness (QED) is 0.119. The van der Waals surface area contributed by atoms with Crippen LogP contribution in [0.2, 0.25) is 0 Å². The number of hydrogen-bond acceptors (Lipinski definition) is 15. The molecule has 1 aliphatic rings. The lowest BCUT2D eigenvalue weighted by Crippen LogP contribution is -2.60. The molecule has 0 aromatic rings. The van der Waals surface area contributed by atoms with Crippen molar-refractivity contribution >= 4 is 70.9 Å². The fraction of sp³-hybridized carbons (Fsp3) is 0.797. The molecular formula is C59H105N11O15. The number of aliphatic hydroxyl groups excluding tert-OH is 2. The number of ether oxygens (including phenoxy) is 1. The molecule has 12 atom stereocenters. The number of carbonyl (C=O) groups excluding carboxylic acids is 12. The number of amides is 11. The zero-order valence-electron chi connectivity index (χ0n) is 54.8. The normalized spacial score (nSPS) is 25.7. The molecule has 26 nitrogen and oxygen atoms in total. The summed E-state index contributed by atoms with van der Waals surface area (Å²) < 4.78 is 5.69. The summed E-state index contributed by atoms with van der Waals surface area (Å²) in [5.41, 5.74) is 0. The molecule has 6 N–H and O–H groups in total. The van der Waals surface area contributed by atoms with Crippen LogP contribution in [0, 0.1) is 35.5 Å². The van der Waals surface area contributed by atoms with E-state index in [4.69, 9.17) is 4.74 Å². The second kappa shape index (κ2) is 34.6. The summed E-state index contributed by atoms with van der Waals surface area (Å²) in [4.78, 5) is 178. The van der Waals surface area contributed by atoms with Crippen LogP contribution < -0.4 is 21.3 Å². The third kappa shape index (κ3) is 23.1. The predicted octanol–water partition coefficient (Wildman–Crippen LogP) is 0.202. The average molecular weight is 1210 g/mol. The third-order valence-electron chi connectivity index (χ3n) is 15.4. The number of aliphatic hydroxyl groups is 2. The van der Waals surface area contributed by atoms with E-state index in [2.05, 4.69) is 21.3 Å². The van der Waals surface area contributed by atoms with Gasteiger partial charge >= 0.3 is 5.97 Å². The molecule has 0 aromatic carbocycles. The topological polar surface area (TPSA) is 325 Å². The van der Waals surface area contributed by atoms with Gasteiger partial charge in [-0.05, 0) is 88.4 Å². The monoisotopic (exact) mass is 1210 g/mol. The van der Waals surface area contributed by atoms with Crippen molar-refractivity contribution < 1.29 is 72.5 Å². The van der Waals surface area contributed by atoms with Gasteiger partial charge in [0, 0.05) is 56.3 Å². The first-order valence-corrected chi connectivity index (χ1v) is 29.6. The van der Waals surface area contributed by atoms with E-state index in [0.29, 0.717) is 0 Å². The smallest absolute Gasteiger partial charge is 0.303 e.